The van der Waals surface area contributed by atoms with Gasteiger partial charge in [-0.15, -0.1) is 11.3 Å². The van der Waals surface area contributed by atoms with Crippen molar-refractivity contribution in [1.82, 2.24) is 4.98 Å². The Bertz CT molecular complexity index is 423. The van der Waals surface area contributed by atoms with Gasteiger partial charge in [-0.25, -0.2) is 0 Å². The fourth-order valence-corrected chi connectivity index (χ4v) is 2.00. The molecule has 2 aromatic rings. The molecule has 0 aromatic carbocycles. The lowest BCUT2D eigenvalue weighted by Crippen LogP contribution is -2.12. The molecule has 0 aliphatic rings. The van der Waals surface area contributed by atoms with Crippen LogP contribution in [0.2, 0.25) is 0 Å². The molecule has 0 saturated carbocycles. The summed E-state index contributed by atoms with van der Waals surface area (Å²) in [5.41, 5.74) is 2.44. The number of thiophene rings is 1. The van der Waals surface area contributed by atoms with Crippen molar-refractivity contribution >= 4 is 21.6 Å². The molecule has 0 N–H and O–H groups in total. The normalized spacial score (nSPS) is 12.2. The van der Waals surface area contributed by atoms with E-state index in [1.54, 1.807) is 11.3 Å². The Morgan fingerprint density at radius 2 is 1.92 bits per heavy atom. The first kappa shape index (κ1) is 8.70. The molecule has 0 atom stereocenters. The van der Waals surface area contributed by atoms with Crippen molar-refractivity contribution in [2.24, 2.45) is 0 Å². The highest BCUT2D eigenvalue weighted by atomic mass is 32.1. The van der Waals surface area contributed by atoms with Gasteiger partial charge in [-0.1, -0.05) is 20.8 Å². The molecule has 2 heterocycles. The van der Waals surface area contributed by atoms with Crippen LogP contribution >= 0.6 is 11.3 Å². The largest absolute Gasteiger partial charge is 0.251 e. The molecule has 0 radical (unpaired) electrons. The van der Waals surface area contributed by atoms with E-state index < -0.39 is 0 Å². The van der Waals surface area contributed by atoms with E-state index in [1.807, 2.05) is 0 Å². The second-order valence-corrected chi connectivity index (χ2v) is 5.20. The van der Waals surface area contributed by atoms with Crippen LogP contribution in [0, 0.1) is 0 Å². The maximum Gasteiger partial charge on any atom is 0.0813 e. The third kappa shape index (κ3) is 1.59. The molecule has 68 valence electrons. The standard InChI is InChI=1S/C11H13NS/c1-11(2,3)10-5-4-9-8(12-10)6-7-13-9/h4-7H,1-3H3. The smallest absolute Gasteiger partial charge is 0.0813 e. The molecule has 0 fully saturated rings. The summed E-state index contributed by atoms with van der Waals surface area (Å²) in [4.78, 5) is 4.62. The first-order valence-corrected chi connectivity index (χ1v) is 5.30. The molecule has 2 aromatic heterocycles. The lowest BCUT2D eigenvalue weighted by molar-refractivity contribution is 0.571. The molecule has 0 amide bonds. The molecule has 0 unspecified atom stereocenters. The number of hydrogen-bond acceptors (Lipinski definition) is 2. The molecule has 0 aliphatic heterocycles. The average molecular weight is 191 g/mol. The van der Waals surface area contributed by atoms with Crippen LogP contribution < -0.4 is 0 Å². The summed E-state index contributed by atoms with van der Waals surface area (Å²) in [6.07, 6.45) is 0. The Morgan fingerprint density at radius 1 is 1.15 bits per heavy atom. The summed E-state index contributed by atoms with van der Waals surface area (Å²) < 4.78 is 1.27. The number of pyridine rings is 1. The molecule has 2 rings (SSSR count). The highest BCUT2D eigenvalue weighted by molar-refractivity contribution is 7.17. The van der Waals surface area contributed by atoms with Gasteiger partial charge in [-0.3, -0.25) is 4.98 Å². The van der Waals surface area contributed by atoms with Gasteiger partial charge < -0.3 is 0 Å². The number of rotatable bonds is 0. The highest BCUT2D eigenvalue weighted by Crippen LogP contribution is 2.25. The summed E-state index contributed by atoms with van der Waals surface area (Å²) in [5, 5.41) is 2.09. The van der Waals surface area contributed by atoms with E-state index in [9.17, 15) is 0 Å². The number of nitrogens with zero attached hydrogens (tertiary/aromatic N) is 1. The Morgan fingerprint density at radius 3 is 2.62 bits per heavy atom. The van der Waals surface area contributed by atoms with Crippen molar-refractivity contribution < 1.29 is 0 Å². The average Bonchev–Trinajstić information content (AvgIpc) is 2.47. The van der Waals surface area contributed by atoms with E-state index >= 15 is 0 Å². The predicted molar refractivity (Wildman–Crippen MR) is 58.3 cm³/mol. The van der Waals surface area contributed by atoms with Crippen LogP contribution in [0.15, 0.2) is 23.6 Å². The second-order valence-electron chi connectivity index (χ2n) is 4.25. The second kappa shape index (κ2) is 2.81. The zero-order chi connectivity index (χ0) is 9.47. The van der Waals surface area contributed by atoms with Crippen molar-refractivity contribution in [3.8, 4) is 0 Å². The fraction of sp³-hybridized carbons (Fsp3) is 0.364. The third-order valence-corrected chi connectivity index (χ3v) is 2.95. The van der Waals surface area contributed by atoms with Crippen molar-refractivity contribution in [1.29, 1.82) is 0 Å². The quantitative estimate of drug-likeness (QED) is 0.620. The Labute approximate surface area is 82.4 Å². The molecular weight excluding hydrogens is 178 g/mol. The van der Waals surface area contributed by atoms with Crippen LogP contribution in [0.5, 0.6) is 0 Å². The minimum atomic E-state index is 0.149. The minimum absolute atomic E-state index is 0.149. The topological polar surface area (TPSA) is 12.9 Å². The zero-order valence-corrected chi connectivity index (χ0v) is 8.98. The van der Waals surface area contributed by atoms with Gasteiger partial charge in [-0.2, -0.15) is 0 Å². The lowest BCUT2D eigenvalue weighted by atomic mass is 9.92. The first-order chi connectivity index (χ1) is 6.07. The van der Waals surface area contributed by atoms with Crippen LogP contribution in [-0.4, -0.2) is 4.98 Å². The molecule has 2 heteroatoms. The van der Waals surface area contributed by atoms with E-state index in [-0.39, 0.29) is 5.41 Å². The van der Waals surface area contributed by atoms with Crippen LogP contribution in [0.25, 0.3) is 10.2 Å². The van der Waals surface area contributed by atoms with Crippen LogP contribution in [0.1, 0.15) is 26.5 Å². The third-order valence-electron chi connectivity index (χ3n) is 2.08. The van der Waals surface area contributed by atoms with Gasteiger partial charge in [0.25, 0.3) is 0 Å². The highest BCUT2D eigenvalue weighted by Gasteiger charge is 2.15. The molecule has 0 spiro atoms. The van der Waals surface area contributed by atoms with Gasteiger partial charge in [0.1, 0.15) is 0 Å². The van der Waals surface area contributed by atoms with Gasteiger partial charge in [0.05, 0.1) is 10.2 Å². The number of fused-ring (bicyclic) bond motifs is 1. The van der Waals surface area contributed by atoms with Gasteiger partial charge in [0.15, 0.2) is 0 Å². The maximum atomic E-state index is 4.62. The van der Waals surface area contributed by atoms with Crippen LogP contribution in [0.3, 0.4) is 0 Å². The Kier molecular flexibility index (Phi) is 1.88. The molecule has 0 saturated heterocycles. The SMILES string of the molecule is CC(C)(C)c1ccc2sccc2n1. The van der Waals surface area contributed by atoms with Gasteiger partial charge in [0.2, 0.25) is 0 Å². The maximum absolute atomic E-state index is 4.62. The van der Waals surface area contributed by atoms with E-state index in [0.29, 0.717) is 0 Å². The van der Waals surface area contributed by atoms with Crippen molar-refractivity contribution in [3.05, 3.63) is 29.3 Å². The fourth-order valence-electron chi connectivity index (χ4n) is 1.27. The summed E-state index contributed by atoms with van der Waals surface area (Å²) >= 11 is 1.74. The van der Waals surface area contributed by atoms with E-state index in [2.05, 4.69) is 49.3 Å². The van der Waals surface area contributed by atoms with E-state index in [1.165, 1.54) is 10.4 Å². The Hall–Kier alpha value is -0.890. The molecule has 13 heavy (non-hydrogen) atoms. The van der Waals surface area contributed by atoms with Crippen molar-refractivity contribution in [3.63, 3.8) is 0 Å². The monoisotopic (exact) mass is 191 g/mol. The van der Waals surface area contributed by atoms with Gasteiger partial charge >= 0.3 is 0 Å². The van der Waals surface area contributed by atoms with Crippen molar-refractivity contribution in [2.75, 3.05) is 0 Å². The van der Waals surface area contributed by atoms with E-state index in [4.69, 9.17) is 0 Å². The summed E-state index contributed by atoms with van der Waals surface area (Å²) in [7, 11) is 0. The summed E-state index contributed by atoms with van der Waals surface area (Å²) in [6, 6.07) is 6.36. The molecular formula is C11H13NS. The Balaban J connectivity index is 2.61. The van der Waals surface area contributed by atoms with E-state index in [0.717, 1.165) is 5.52 Å². The van der Waals surface area contributed by atoms with Crippen LogP contribution in [0.4, 0.5) is 0 Å². The van der Waals surface area contributed by atoms with Gasteiger partial charge in [-0.05, 0) is 23.6 Å². The predicted octanol–water partition coefficient (Wildman–Crippen LogP) is 3.59. The summed E-state index contributed by atoms with van der Waals surface area (Å²) in [6.45, 7) is 6.56. The number of hydrogen-bond donors (Lipinski definition) is 0. The minimum Gasteiger partial charge on any atom is -0.251 e. The molecule has 0 bridgehead atoms. The lowest BCUT2D eigenvalue weighted by Gasteiger charge is -2.17. The number of aromatic nitrogens is 1. The zero-order valence-electron chi connectivity index (χ0n) is 8.16. The first-order valence-electron chi connectivity index (χ1n) is 4.42. The van der Waals surface area contributed by atoms with Crippen LogP contribution in [-0.2, 0) is 5.41 Å². The molecule has 0 aliphatic carbocycles. The molecule has 1 nitrogen and oxygen atoms in total. The summed E-state index contributed by atoms with van der Waals surface area (Å²) in [5.74, 6) is 0. The van der Waals surface area contributed by atoms with Crippen molar-refractivity contribution in [2.45, 2.75) is 26.2 Å². The van der Waals surface area contributed by atoms with Gasteiger partial charge in [0, 0.05) is 11.1 Å².